The molecule has 4 rings (SSSR count). The normalized spacial score (nSPS) is 11.2. The third-order valence-electron chi connectivity index (χ3n) is 5.63. The van der Waals surface area contributed by atoms with E-state index in [1.807, 2.05) is 0 Å². The number of para-hydroxylation sites is 4. The Balaban J connectivity index is 1.79. The summed E-state index contributed by atoms with van der Waals surface area (Å²) in [5.41, 5.74) is 7.22. The minimum atomic E-state index is 0.145. The van der Waals surface area contributed by atoms with Gasteiger partial charge in [0.05, 0.1) is 11.4 Å². The van der Waals surface area contributed by atoms with Gasteiger partial charge >= 0.3 is 0 Å². The van der Waals surface area contributed by atoms with Crippen molar-refractivity contribution in [2.75, 3.05) is 16.8 Å². The van der Waals surface area contributed by atoms with Gasteiger partial charge in [0.2, 0.25) is 0 Å². The van der Waals surface area contributed by atoms with E-state index < -0.39 is 0 Å². The van der Waals surface area contributed by atoms with Crippen molar-refractivity contribution in [2.24, 2.45) is 0 Å². The molecule has 0 radical (unpaired) electrons. The maximum Gasteiger partial charge on any atom is 0.0698 e. The largest absolute Gasteiger partial charge is 0.343 e. The molecule has 2 nitrogen and oxygen atoms in total. The molecule has 31 heavy (non-hydrogen) atoms. The first-order valence-electron chi connectivity index (χ1n) is 10.8. The molecule has 0 fully saturated rings. The van der Waals surface area contributed by atoms with Gasteiger partial charge in [0.25, 0.3) is 0 Å². The van der Waals surface area contributed by atoms with Gasteiger partial charge < -0.3 is 9.80 Å². The molecule has 0 atom stereocenters. The van der Waals surface area contributed by atoms with Crippen LogP contribution in [0.3, 0.4) is 0 Å². The van der Waals surface area contributed by atoms with E-state index in [1.165, 1.54) is 11.3 Å². The zero-order valence-electron chi connectivity index (χ0n) is 18.8. The summed E-state index contributed by atoms with van der Waals surface area (Å²) in [6.45, 7) is 6.75. The predicted octanol–water partition coefficient (Wildman–Crippen LogP) is 8.22. The van der Waals surface area contributed by atoms with E-state index in [0.717, 1.165) is 22.7 Å². The predicted molar refractivity (Wildman–Crippen MR) is 134 cm³/mol. The van der Waals surface area contributed by atoms with Crippen molar-refractivity contribution in [2.45, 2.75) is 26.2 Å². The fraction of sp³-hybridized carbons (Fsp3) is 0.172. The number of hydrogen-bond acceptors (Lipinski definition) is 2. The molecule has 0 saturated heterocycles. The first-order chi connectivity index (χ1) is 14.9. The van der Waals surface area contributed by atoms with E-state index in [1.54, 1.807) is 0 Å². The fourth-order valence-electron chi connectivity index (χ4n) is 3.84. The standard InChI is InChI=1S/C29H30N2/c1-29(2,3)23-19-21-24(22-20-23)30(4)27-17-11-12-18-28(27)31(25-13-7-5-8-14-25)26-15-9-6-10-16-26/h5-22H,1-4H3. The number of anilines is 5. The van der Waals surface area contributed by atoms with Crippen molar-refractivity contribution in [3.05, 3.63) is 115 Å². The van der Waals surface area contributed by atoms with Gasteiger partial charge in [-0.25, -0.2) is 0 Å². The minimum Gasteiger partial charge on any atom is -0.343 e. The molecule has 0 bridgehead atoms. The lowest BCUT2D eigenvalue weighted by atomic mass is 9.87. The van der Waals surface area contributed by atoms with Crippen molar-refractivity contribution < 1.29 is 0 Å². The van der Waals surface area contributed by atoms with Crippen LogP contribution in [-0.4, -0.2) is 7.05 Å². The molecule has 0 N–H and O–H groups in total. The van der Waals surface area contributed by atoms with Crippen LogP contribution in [0, 0.1) is 0 Å². The van der Waals surface area contributed by atoms with Gasteiger partial charge in [-0.1, -0.05) is 81.4 Å². The minimum absolute atomic E-state index is 0.145. The summed E-state index contributed by atoms with van der Waals surface area (Å²) in [6, 6.07) is 38.6. The highest BCUT2D eigenvalue weighted by atomic mass is 15.2. The Morgan fingerprint density at radius 2 is 0.935 bits per heavy atom. The number of nitrogens with zero attached hydrogens (tertiary/aromatic N) is 2. The summed E-state index contributed by atoms with van der Waals surface area (Å²) in [4.78, 5) is 4.58. The van der Waals surface area contributed by atoms with Crippen molar-refractivity contribution in [1.29, 1.82) is 0 Å². The number of benzene rings is 4. The molecule has 0 aliphatic heterocycles. The van der Waals surface area contributed by atoms with Crippen LogP contribution in [0.5, 0.6) is 0 Å². The second-order valence-corrected chi connectivity index (χ2v) is 8.85. The maximum absolute atomic E-state index is 2.31. The SMILES string of the molecule is CN(c1ccc(C(C)(C)C)cc1)c1ccccc1N(c1ccccc1)c1ccccc1. The van der Waals surface area contributed by atoms with Gasteiger partial charge in [-0.05, 0) is 59.5 Å². The van der Waals surface area contributed by atoms with Gasteiger partial charge in [0, 0.05) is 24.1 Å². The molecule has 0 spiro atoms. The van der Waals surface area contributed by atoms with Crippen molar-refractivity contribution in [1.82, 2.24) is 0 Å². The van der Waals surface area contributed by atoms with E-state index >= 15 is 0 Å². The quantitative estimate of drug-likeness (QED) is 0.329. The average molecular weight is 407 g/mol. The van der Waals surface area contributed by atoms with Crippen LogP contribution >= 0.6 is 0 Å². The molecule has 0 amide bonds. The molecule has 156 valence electrons. The fourth-order valence-corrected chi connectivity index (χ4v) is 3.84. The lowest BCUT2D eigenvalue weighted by Crippen LogP contribution is -2.17. The molecular weight excluding hydrogens is 376 g/mol. The van der Waals surface area contributed by atoms with E-state index in [4.69, 9.17) is 0 Å². The Bertz CT molecular complexity index is 1070. The Morgan fingerprint density at radius 1 is 0.484 bits per heavy atom. The average Bonchev–Trinajstić information content (AvgIpc) is 2.80. The number of hydrogen-bond donors (Lipinski definition) is 0. The first kappa shape index (κ1) is 20.7. The van der Waals surface area contributed by atoms with Crippen LogP contribution < -0.4 is 9.80 Å². The van der Waals surface area contributed by atoms with Crippen LogP contribution in [0.2, 0.25) is 0 Å². The summed E-state index contributed by atoms with van der Waals surface area (Å²) in [5.74, 6) is 0. The third-order valence-corrected chi connectivity index (χ3v) is 5.63. The second kappa shape index (κ2) is 8.69. The summed E-state index contributed by atoms with van der Waals surface area (Å²) in [6.07, 6.45) is 0. The zero-order chi connectivity index (χ0) is 21.8. The molecule has 0 saturated carbocycles. The van der Waals surface area contributed by atoms with Crippen LogP contribution in [0.25, 0.3) is 0 Å². The van der Waals surface area contributed by atoms with E-state index in [9.17, 15) is 0 Å². The highest BCUT2D eigenvalue weighted by Gasteiger charge is 2.19. The monoisotopic (exact) mass is 406 g/mol. The lowest BCUT2D eigenvalue weighted by Gasteiger charge is -2.31. The highest BCUT2D eigenvalue weighted by molar-refractivity contribution is 5.87. The molecule has 4 aromatic rings. The van der Waals surface area contributed by atoms with E-state index in [-0.39, 0.29) is 5.41 Å². The number of rotatable bonds is 5. The van der Waals surface area contributed by atoms with Crippen LogP contribution in [0.4, 0.5) is 28.4 Å². The Morgan fingerprint density at radius 3 is 1.42 bits per heavy atom. The van der Waals surface area contributed by atoms with E-state index in [0.29, 0.717) is 0 Å². The van der Waals surface area contributed by atoms with Crippen LogP contribution in [0.1, 0.15) is 26.3 Å². The molecule has 0 heterocycles. The second-order valence-electron chi connectivity index (χ2n) is 8.85. The Labute approximate surface area is 186 Å². The van der Waals surface area contributed by atoms with Crippen LogP contribution in [-0.2, 0) is 5.41 Å². The smallest absolute Gasteiger partial charge is 0.0698 e. The van der Waals surface area contributed by atoms with E-state index in [2.05, 4.69) is 147 Å². The molecule has 2 heteroatoms. The van der Waals surface area contributed by atoms with Crippen molar-refractivity contribution in [3.8, 4) is 0 Å². The zero-order valence-corrected chi connectivity index (χ0v) is 18.8. The lowest BCUT2D eigenvalue weighted by molar-refractivity contribution is 0.590. The van der Waals surface area contributed by atoms with Gasteiger partial charge in [-0.15, -0.1) is 0 Å². The topological polar surface area (TPSA) is 6.48 Å². The Hall–Kier alpha value is -3.52. The molecule has 4 aromatic carbocycles. The molecule has 0 aliphatic carbocycles. The molecule has 0 unspecified atom stereocenters. The summed E-state index contributed by atoms with van der Waals surface area (Å²) in [7, 11) is 2.14. The molecular formula is C29H30N2. The molecule has 0 aromatic heterocycles. The third kappa shape index (κ3) is 4.49. The van der Waals surface area contributed by atoms with Crippen molar-refractivity contribution in [3.63, 3.8) is 0 Å². The van der Waals surface area contributed by atoms with Gasteiger partial charge in [-0.3, -0.25) is 0 Å². The van der Waals surface area contributed by atoms with Crippen LogP contribution in [0.15, 0.2) is 109 Å². The summed E-state index contributed by atoms with van der Waals surface area (Å²) in [5, 5.41) is 0. The van der Waals surface area contributed by atoms with Gasteiger partial charge in [-0.2, -0.15) is 0 Å². The Kier molecular flexibility index (Phi) is 5.81. The van der Waals surface area contributed by atoms with Gasteiger partial charge in [0.1, 0.15) is 0 Å². The summed E-state index contributed by atoms with van der Waals surface area (Å²) < 4.78 is 0. The summed E-state index contributed by atoms with van der Waals surface area (Å²) >= 11 is 0. The van der Waals surface area contributed by atoms with Crippen molar-refractivity contribution >= 4 is 28.4 Å². The maximum atomic E-state index is 2.31. The molecule has 0 aliphatic rings. The van der Waals surface area contributed by atoms with Gasteiger partial charge in [0.15, 0.2) is 0 Å². The highest BCUT2D eigenvalue weighted by Crippen LogP contribution is 2.41. The first-order valence-corrected chi connectivity index (χ1v) is 10.8.